The fourth-order valence-electron chi connectivity index (χ4n) is 1.61. The van der Waals surface area contributed by atoms with E-state index in [0.717, 1.165) is 13.1 Å². The second-order valence-corrected chi connectivity index (χ2v) is 5.89. The number of hydrogen-bond acceptors (Lipinski definition) is 3. The molecular formula is C8H16FNO2S. The summed E-state index contributed by atoms with van der Waals surface area (Å²) in [6, 6.07) is 0. The summed E-state index contributed by atoms with van der Waals surface area (Å²) in [6.07, 6.45) is -0.00992. The molecule has 1 aliphatic heterocycles. The molecule has 0 aromatic rings. The third-order valence-electron chi connectivity index (χ3n) is 2.26. The van der Waals surface area contributed by atoms with E-state index >= 15 is 0 Å². The van der Waals surface area contributed by atoms with E-state index in [1.165, 1.54) is 6.92 Å². The Kier molecular flexibility index (Phi) is 3.67. The van der Waals surface area contributed by atoms with Gasteiger partial charge in [0.05, 0.1) is 11.0 Å². The predicted octanol–water partition coefficient (Wildman–Crippen LogP) is 0.511. The highest BCUT2D eigenvalue weighted by Gasteiger charge is 2.28. The summed E-state index contributed by atoms with van der Waals surface area (Å²) >= 11 is 0. The van der Waals surface area contributed by atoms with Crippen LogP contribution >= 0.6 is 0 Å². The van der Waals surface area contributed by atoms with E-state index in [-0.39, 0.29) is 11.0 Å². The summed E-state index contributed by atoms with van der Waals surface area (Å²) in [5, 5.41) is 2.76. The third kappa shape index (κ3) is 3.23. The molecule has 0 amide bonds. The molecule has 1 heterocycles. The highest BCUT2D eigenvalue weighted by atomic mass is 32.2. The summed E-state index contributed by atoms with van der Waals surface area (Å²) < 4.78 is 35.6. The van der Waals surface area contributed by atoms with Gasteiger partial charge in [0, 0.05) is 0 Å². The van der Waals surface area contributed by atoms with Gasteiger partial charge in [-0.25, -0.2) is 12.8 Å². The van der Waals surface area contributed by atoms with Crippen molar-refractivity contribution in [2.45, 2.75) is 31.2 Å². The Labute approximate surface area is 78.6 Å². The lowest BCUT2D eigenvalue weighted by atomic mass is 10.2. The van der Waals surface area contributed by atoms with E-state index in [4.69, 9.17) is 0 Å². The average Bonchev–Trinajstić information content (AvgIpc) is 2.04. The molecule has 78 valence electrons. The number of halogens is 1. The van der Waals surface area contributed by atoms with Crippen LogP contribution in [0.4, 0.5) is 4.39 Å². The van der Waals surface area contributed by atoms with Gasteiger partial charge in [0.2, 0.25) is 0 Å². The molecule has 1 rings (SSSR count). The molecule has 0 radical (unpaired) electrons. The Morgan fingerprint density at radius 2 is 2.00 bits per heavy atom. The highest BCUT2D eigenvalue weighted by Crippen LogP contribution is 2.15. The molecule has 1 saturated heterocycles. The first kappa shape index (κ1) is 10.9. The van der Waals surface area contributed by atoms with E-state index in [0.29, 0.717) is 12.8 Å². The molecule has 0 aliphatic carbocycles. The number of alkyl halides is 1. The fourth-order valence-corrected chi connectivity index (χ4v) is 3.48. The number of rotatable bonds is 3. The molecule has 1 fully saturated rings. The Morgan fingerprint density at radius 1 is 1.46 bits per heavy atom. The van der Waals surface area contributed by atoms with Crippen LogP contribution in [-0.4, -0.2) is 38.7 Å². The molecule has 1 unspecified atom stereocenters. The first-order chi connectivity index (χ1) is 6.02. The zero-order valence-corrected chi connectivity index (χ0v) is 8.61. The largest absolute Gasteiger partial charge is 0.317 e. The molecule has 0 spiro atoms. The number of nitrogens with one attached hydrogen (secondary N) is 1. The molecule has 0 bridgehead atoms. The molecule has 1 aliphatic rings. The van der Waals surface area contributed by atoms with Crippen LogP contribution < -0.4 is 5.32 Å². The van der Waals surface area contributed by atoms with Crippen LogP contribution in [0.25, 0.3) is 0 Å². The zero-order chi connectivity index (χ0) is 9.90. The van der Waals surface area contributed by atoms with E-state index in [2.05, 4.69) is 5.32 Å². The summed E-state index contributed by atoms with van der Waals surface area (Å²) in [5.74, 6) is -0.322. The normalized spacial score (nSPS) is 22.9. The van der Waals surface area contributed by atoms with Gasteiger partial charge >= 0.3 is 0 Å². The maximum absolute atomic E-state index is 12.6. The number of sulfone groups is 1. The lowest BCUT2D eigenvalue weighted by Gasteiger charge is -2.22. The van der Waals surface area contributed by atoms with Gasteiger partial charge in [0.15, 0.2) is 9.84 Å². The lowest BCUT2D eigenvalue weighted by Crippen LogP contribution is -2.38. The lowest BCUT2D eigenvalue weighted by molar-refractivity contribution is 0.388. The van der Waals surface area contributed by atoms with Crippen LogP contribution in [0.1, 0.15) is 19.8 Å². The van der Waals surface area contributed by atoms with Crippen molar-refractivity contribution in [3.63, 3.8) is 0 Å². The van der Waals surface area contributed by atoms with Gasteiger partial charge in [-0.1, -0.05) is 0 Å². The molecule has 5 heteroatoms. The Bertz CT molecular complexity index is 245. The molecule has 1 atom stereocenters. The van der Waals surface area contributed by atoms with Crippen LogP contribution in [-0.2, 0) is 9.84 Å². The van der Waals surface area contributed by atoms with Crippen molar-refractivity contribution in [2.75, 3.05) is 18.8 Å². The minimum absolute atomic E-state index is 0.322. The van der Waals surface area contributed by atoms with Crippen LogP contribution in [0, 0.1) is 0 Å². The molecule has 0 saturated carbocycles. The maximum atomic E-state index is 12.6. The quantitative estimate of drug-likeness (QED) is 0.736. The smallest absolute Gasteiger partial charge is 0.156 e. The number of piperidine rings is 1. The molecule has 13 heavy (non-hydrogen) atoms. The van der Waals surface area contributed by atoms with Crippen LogP contribution in [0.3, 0.4) is 0 Å². The predicted molar refractivity (Wildman–Crippen MR) is 50.2 cm³/mol. The van der Waals surface area contributed by atoms with Crippen molar-refractivity contribution in [2.24, 2.45) is 0 Å². The SMILES string of the molecule is CC(F)CS(=O)(=O)C1CCNCC1. The summed E-state index contributed by atoms with van der Waals surface area (Å²) in [7, 11) is -3.20. The van der Waals surface area contributed by atoms with Gasteiger partial charge in [0.25, 0.3) is 0 Å². The number of hydrogen-bond donors (Lipinski definition) is 1. The van der Waals surface area contributed by atoms with Crippen molar-refractivity contribution < 1.29 is 12.8 Å². The van der Waals surface area contributed by atoms with E-state index < -0.39 is 16.0 Å². The van der Waals surface area contributed by atoms with Crippen LogP contribution in [0.2, 0.25) is 0 Å². The minimum Gasteiger partial charge on any atom is -0.317 e. The third-order valence-corrected chi connectivity index (χ3v) is 4.67. The van der Waals surface area contributed by atoms with Crippen molar-refractivity contribution in [1.82, 2.24) is 5.32 Å². The molecule has 0 aromatic carbocycles. The first-order valence-electron chi connectivity index (χ1n) is 4.59. The fraction of sp³-hybridized carbons (Fsp3) is 1.00. The van der Waals surface area contributed by atoms with Gasteiger partial charge in [0.1, 0.15) is 6.17 Å². The van der Waals surface area contributed by atoms with Crippen molar-refractivity contribution in [1.29, 1.82) is 0 Å². The van der Waals surface area contributed by atoms with Crippen molar-refractivity contribution in [3.8, 4) is 0 Å². The van der Waals surface area contributed by atoms with Gasteiger partial charge in [-0.05, 0) is 32.9 Å². The first-order valence-corrected chi connectivity index (χ1v) is 6.30. The minimum atomic E-state index is -3.20. The van der Waals surface area contributed by atoms with Gasteiger partial charge in [-0.15, -0.1) is 0 Å². The summed E-state index contributed by atoms with van der Waals surface area (Å²) in [4.78, 5) is 0. The maximum Gasteiger partial charge on any atom is 0.156 e. The monoisotopic (exact) mass is 209 g/mol. The van der Waals surface area contributed by atoms with Crippen molar-refractivity contribution in [3.05, 3.63) is 0 Å². The van der Waals surface area contributed by atoms with Crippen LogP contribution in [0.5, 0.6) is 0 Å². The Hall–Kier alpha value is -0.160. The highest BCUT2D eigenvalue weighted by molar-refractivity contribution is 7.92. The Balaban J connectivity index is 2.57. The summed E-state index contributed by atoms with van der Waals surface area (Å²) in [6.45, 7) is 2.74. The zero-order valence-electron chi connectivity index (χ0n) is 7.79. The van der Waals surface area contributed by atoms with Crippen molar-refractivity contribution >= 4 is 9.84 Å². The topological polar surface area (TPSA) is 46.2 Å². The second kappa shape index (κ2) is 4.37. The van der Waals surface area contributed by atoms with Crippen LogP contribution in [0.15, 0.2) is 0 Å². The molecule has 3 nitrogen and oxygen atoms in total. The molecule has 1 N–H and O–H groups in total. The average molecular weight is 209 g/mol. The standard InChI is InChI=1S/C8H16FNO2S/c1-7(9)6-13(11,12)8-2-4-10-5-3-8/h7-8,10H,2-6H2,1H3. The van der Waals surface area contributed by atoms with E-state index in [1.54, 1.807) is 0 Å². The van der Waals surface area contributed by atoms with Gasteiger partial charge in [-0.2, -0.15) is 0 Å². The Morgan fingerprint density at radius 3 is 2.46 bits per heavy atom. The second-order valence-electron chi connectivity index (χ2n) is 3.56. The van der Waals surface area contributed by atoms with E-state index in [1.807, 2.05) is 0 Å². The molecular weight excluding hydrogens is 193 g/mol. The van der Waals surface area contributed by atoms with Gasteiger partial charge in [-0.3, -0.25) is 0 Å². The molecule has 0 aromatic heterocycles. The van der Waals surface area contributed by atoms with Gasteiger partial charge < -0.3 is 5.32 Å². The van der Waals surface area contributed by atoms with E-state index in [9.17, 15) is 12.8 Å². The summed E-state index contributed by atoms with van der Waals surface area (Å²) in [5.41, 5.74) is 0.